The first-order valence-electron chi connectivity index (χ1n) is 5.65. The molecule has 0 saturated carbocycles. The molecule has 0 aliphatic heterocycles. The number of likely N-dealkylation sites (N-methyl/N-ethyl adjacent to an activating group) is 1. The SMILES string of the molecule is Cc1ccnc(N(C)CCc2ccncc2)n1. The lowest BCUT2D eigenvalue weighted by atomic mass is 10.2. The summed E-state index contributed by atoms with van der Waals surface area (Å²) in [7, 11) is 2.01. The molecule has 0 spiro atoms. The van der Waals surface area contributed by atoms with E-state index in [4.69, 9.17) is 0 Å². The van der Waals surface area contributed by atoms with Crippen molar-refractivity contribution < 1.29 is 0 Å². The summed E-state index contributed by atoms with van der Waals surface area (Å²) in [5.74, 6) is 0.777. The van der Waals surface area contributed by atoms with Crippen molar-refractivity contribution in [3.63, 3.8) is 0 Å². The fraction of sp³-hybridized carbons (Fsp3) is 0.308. The zero-order chi connectivity index (χ0) is 12.1. The molecule has 2 aromatic rings. The van der Waals surface area contributed by atoms with Gasteiger partial charge in [0.2, 0.25) is 5.95 Å². The lowest BCUT2D eigenvalue weighted by Gasteiger charge is -2.16. The van der Waals surface area contributed by atoms with Crippen molar-refractivity contribution in [3.05, 3.63) is 48.0 Å². The zero-order valence-electron chi connectivity index (χ0n) is 10.2. The number of rotatable bonds is 4. The van der Waals surface area contributed by atoms with Gasteiger partial charge in [-0.1, -0.05) is 0 Å². The van der Waals surface area contributed by atoms with E-state index in [1.807, 2.05) is 44.6 Å². The topological polar surface area (TPSA) is 41.9 Å². The fourth-order valence-corrected chi connectivity index (χ4v) is 1.57. The molecule has 0 bridgehead atoms. The second kappa shape index (κ2) is 5.39. The maximum Gasteiger partial charge on any atom is 0.225 e. The summed E-state index contributed by atoms with van der Waals surface area (Å²) in [5.41, 5.74) is 2.27. The van der Waals surface area contributed by atoms with Crippen LogP contribution in [0, 0.1) is 6.92 Å². The van der Waals surface area contributed by atoms with Gasteiger partial charge in [-0.05, 0) is 37.1 Å². The van der Waals surface area contributed by atoms with Gasteiger partial charge >= 0.3 is 0 Å². The van der Waals surface area contributed by atoms with Gasteiger partial charge in [0.15, 0.2) is 0 Å². The van der Waals surface area contributed by atoms with Crippen molar-refractivity contribution in [2.75, 3.05) is 18.5 Å². The number of hydrogen-bond acceptors (Lipinski definition) is 4. The first kappa shape index (κ1) is 11.5. The van der Waals surface area contributed by atoms with Crippen molar-refractivity contribution in [1.29, 1.82) is 0 Å². The lowest BCUT2D eigenvalue weighted by molar-refractivity contribution is 0.832. The smallest absolute Gasteiger partial charge is 0.225 e. The van der Waals surface area contributed by atoms with Gasteiger partial charge in [0.05, 0.1) is 0 Å². The number of anilines is 1. The molecular weight excluding hydrogens is 212 g/mol. The summed E-state index contributed by atoms with van der Waals surface area (Å²) in [5, 5.41) is 0. The van der Waals surface area contributed by atoms with Gasteiger partial charge in [0, 0.05) is 37.9 Å². The van der Waals surface area contributed by atoms with Crippen molar-refractivity contribution in [1.82, 2.24) is 15.0 Å². The molecule has 0 amide bonds. The minimum absolute atomic E-state index is 0.777. The Hall–Kier alpha value is -1.97. The molecule has 0 N–H and O–H groups in total. The van der Waals surface area contributed by atoms with Crippen LogP contribution < -0.4 is 4.90 Å². The van der Waals surface area contributed by atoms with Gasteiger partial charge in [-0.2, -0.15) is 0 Å². The van der Waals surface area contributed by atoms with Crippen molar-refractivity contribution >= 4 is 5.95 Å². The Kier molecular flexibility index (Phi) is 3.65. The van der Waals surface area contributed by atoms with Crippen LogP contribution in [-0.4, -0.2) is 28.5 Å². The minimum Gasteiger partial charge on any atom is -0.344 e. The first-order chi connectivity index (χ1) is 8.25. The average Bonchev–Trinajstić information content (AvgIpc) is 2.37. The monoisotopic (exact) mass is 228 g/mol. The predicted octanol–water partition coefficient (Wildman–Crippen LogP) is 1.86. The quantitative estimate of drug-likeness (QED) is 0.801. The van der Waals surface area contributed by atoms with Crippen LogP contribution in [0.4, 0.5) is 5.95 Å². The highest BCUT2D eigenvalue weighted by atomic mass is 15.2. The number of nitrogens with zero attached hydrogens (tertiary/aromatic N) is 4. The normalized spacial score (nSPS) is 10.2. The van der Waals surface area contributed by atoms with E-state index in [2.05, 4.69) is 19.9 Å². The molecule has 0 aliphatic rings. The Morgan fingerprint density at radius 1 is 1.12 bits per heavy atom. The van der Waals surface area contributed by atoms with Crippen LogP contribution in [0.2, 0.25) is 0 Å². The highest BCUT2D eigenvalue weighted by Crippen LogP contribution is 2.06. The lowest BCUT2D eigenvalue weighted by Crippen LogP contribution is -2.22. The number of hydrogen-bond donors (Lipinski definition) is 0. The highest BCUT2D eigenvalue weighted by molar-refractivity contribution is 5.29. The van der Waals surface area contributed by atoms with E-state index in [-0.39, 0.29) is 0 Å². The number of pyridine rings is 1. The average molecular weight is 228 g/mol. The summed E-state index contributed by atoms with van der Waals surface area (Å²) in [6.45, 7) is 2.87. The molecule has 4 nitrogen and oxygen atoms in total. The Balaban J connectivity index is 1.96. The van der Waals surface area contributed by atoms with Gasteiger partial charge in [-0.15, -0.1) is 0 Å². The largest absolute Gasteiger partial charge is 0.344 e. The first-order valence-corrected chi connectivity index (χ1v) is 5.65. The third-order valence-corrected chi connectivity index (χ3v) is 2.61. The van der Waals surface area contributed by atoms with Crippen molar-refractivity contribution in [2.45, 2.75) is 13.3 Å². The van der Waals surface area contributed by atoms with Gasteiger partial charge in [0.25, 0.3) is 0 Å². The molecular formula is C13H16N4. The molecule has 0 radical (unpaired) electrons. The zero-order valence-corrected chi connectivity index (χ0v) is 10.2. The van der Waals surface area contributed by atoms with Crippen LogP contribution in [-0.2, 0) is 6.42 Å². The van der Waals surface area contributed by atoms with E-state index >= 15 is 0 Å². The Morgan fingerprint density at radius 3 is 2.59 bits per heavy atom. The highest BCUT2D eigenvalue weighted by Gasteiger charge is 2.04. The van der Waals surface area contributed by atoms with Crippen LogP contribution in [0.3, 0.4) is 0 Å². The third-order valence-electron chi connectivity index (χ3n) is 2.61. The van der Waals surface area contributed by atoms with Crippen molar-refractivity contribution in [3.8, 4) is 0 Å². The molecule has 0 atom stereocenters. The van der Waals surface area contributed by atoms with E-state index in [0.717, 1.165) is 24.6 Å². The Morgan fingerprint density at radius 2 is 1.88 bits per heavy atom. The van der Waals surface area contributed by atoms with Crippen molar-refractivity contribution in [2.24, 2.45) is 0 Å². The molecule has 0 saturated heterocycles. The summed E-state index contributed by atoms with van der Waals surface area (Å²) in [4.78, 5) is 14.7. The molecule has 88 valence electrons. The molecule has 0 unspecified atom stereocenters. The van der Waals surface area contributed by atoms with Gasteiger partial charge in [0.1, 0.15) is 0 Å². The maximum absolute atomic E-state index is 4.39. The number of aryl methyl sites for hydroxylation is 1. The fourth-order valence-electron chi connectivity index (χ4n) is 1.57. The van der Waals surface area contributed by atoms with Crippen LogP contribution in [0.1, 0.15) is 11.3 Å². The second-order valence-electron chi connectivity index (χ2n) is 4.03. The van der Waals surface area contributed by atoms with E-state index in [1.165, 1.54) is 5.56 Å². The Labute approximate surface area is 101 Å². The summed E-state index contributed by atoms with van der Waals surface area (Å²) >= 11 is 0. The summed E-state index contributed by atoms with van der Waals surface area (Å²) < 4.78 is 0. The van der Waals surface area contributed by atoms with Crippen LogP contribution in [0.15, 0.2) is 36.8 Å². The predicted molar refractivity (Wildman–Crippen MR) is 68.0 cm³/mol. The van der Waals surface area contributed by atoms with E-state index in [9.17, 15) is 0 Å². The van der Waals surface area contributed by atoms with Crippen LogP contribution in [0.25, 0.3) is 0 Å². The minimum atomic E-state index is 0.777. The van der Waals surface area contributed by atoms with Gasteiger partial charge < -0.3 is 4.90 Å². The molecule has 0 aliphatic carbocycles. The van der Waals surface area contributed by atoms with E-state index in [0.29, 0.717) is 0 Å². The number of aromatic nitrogens is 3. The van der Waals surface area contributed by atoms with E-state index in [1.54, 1.807) is 6.20 Å². The molecule has 2 rings (SSSR count). The molecule has 2 heterocycles. The summed E-state index contributed by atoms with van der Waals surface area (Å²) in [6, 6.07) is 5.97. The van der Waals surface area contributed by atoms with Gasteiger partial charge in [-0.3, -0.25) is 4.98 Å². The molecule has 17 heavy (non-hydrogen) atoms. The molecule has 0 aromatic carbocycles. The Bertz CT molecular complexity index is 470. The van der Waals surface area contributed by atoms with Crippen LogP contribution >= 0.6 is 0 Å². The standard InChI is InChI=1S/C13H16N4/c1-11-3-9-15-13(16-11)17(2)10-6-12-4-7-14-8-5-12/h3-5,7-9H,6,10H2,1-2H3. The van der Waals surface area contributed by atoms with Crippen LogP contribution in [0.5, 0.6) is 0 Å². The van der Waals surface area contributed by atoms with Gasteiger partial charge in [-0.25, -0.2) is 9.97 Å². The summed E-state index contributed by atoms with van der Waals surface area (Å²) in [6.07, 6.45) is 6.40. The molecule has 0 fully saturated rings. The molecule has 4 heteroatoms. The van der Waals surface area contributed by atoms with E-state index < -0.39 is 0 Å². The third kappa shape index (κ3) is 3.24. The second-order valence-corrected chi connectivity index (χ2v) is 4.03. The maximum atomic E-state index is 4.39. The molecule has 2 aromatic heterocycles.